The van der Waals surface area contributed by atoms with E-state index >= 15 is 0 Å². The van der Waals surface area contributed by atoms with Gasteiger partial charge < -0.3 is 14.4 Å². The average molecular weight is 291 g/mol. The number of ether oxygens (including phenoxy) is 2. The van der Waals surface area contributed by atoms with Crippen molar-refractivity contribution in [2.45, 2.75) is 38.8 Å². The molecule has 1 heterocycles. The van der Waals surface area contributed by atoms with E-state index in [1.54, 1.807) is 0 Å². The molecule has 0 spiro atoms. The minimum Gasteiger partial charge on any atom is -0.378 e. The van der Waals surface area contributed by atoms with Gasteiger partial charge >= 0.3 is 0 Å². The normalized spacial score (nSPS) is 17.9. The topological polar surface area (TPSA) is 38.8 Å². The number of benzene rings is 1. The molecule has 1 aliphatic rings. The van der Waals surface area contributed by atoms with Gasteiger partial charge in [-0.2, -0.15) is 0 Å². The van der Waals surface area contributed by atoms with Crippen molar-refractivity contribution in [2.24, 2.45) is 0 Å². The number of amides is 1. The van der Waals surface area contributed by atoms with Gasteiger partial charge in [0.1, 0.15) is 0 Å². The summed E-state index contributed by atoms with van der Waals surface area (Å²) in [6.45, 7) is 5.32. The molecule has 0 aliphatic carbocycles. The number of hydrogen-bond acceptors (Lipinski definition) is 3. The molecule has 0 saturated carbocycles. The Labute approximate surface area is 127 Å². The second kappa shape index (κ2) is 8.80. The SMILES string of the molecule is CCN(Cc1ccccc1)C(=O)CCOCC1CCCO1. The van der Waals surface area contributed by atoms with Crippen molar-refractivity contribution in [3.05, 3.63) is 35.9 Å². The van der Waals surface area contributed by atoms with Gasteiger partial charge in [-0.1, -0.05) is 30.3 Å². The Hall–Kier alpha value is -1.39. The summed E-state index contributed by atoms with van der Waals surface area (Å²) in [5.41, 5.74) is 1.16. The smallest absolute Gasteiger partial charge is 0.225 e. The summed E-state index contributed by atoms with van der Waals surface area (Å²) in [6.07, 6.45) is 2.86. The first-order valence-corrected chi connectivity index (χ1v) is 7.80. The van der Waals surface area contributed by atoms with Crippen molar-refractivity contribution < 1.29 is 14.3 Å². The molecule has 1 aromatic carbocycles. The highest BCUT2D eigenvalue weighted by atomic mass is 16.5. The molecule has 0 aromatic heterocycles. The van der Waals surface area contributed by atoms with Crippen molar-refractivity contribution >= 4 is 5.91 Å². The van der Waals surface area contributed by atoms with E-state index in [-0.39, 0.29) is 12.0 Å². The highest BCUT2D eigenvalue weighted by molar-refractivity contribution is 5.76. The van der Waals surface area contributed by atoms with Crippen LogP contribution in [0.15, 0.2) is 30.3 Å². The summed E-state index contributed by atoms with van der Waals surface area (Å²) in [5.74, 6) is 0.147. The number of carbonyl (C=O) groups is 1. The third-order valence-corrected chi connectivity index (χ3v) is 3.74. The van der Waals surface area contributed by atoms with Crippen molar-refractivity contribution in [3.8, 4) is 0 Å². The molecule has 1 aromatic rings. The number of rotatable bonds is 8. The van der Waals surface area contributed by atoms with Crippen LogP contribution in [0.4, 0.5) is 0 Å². The lowest BCUT2D eigenvalue weighted by Crippen LogP contribution is -2.31. The van der Waals surface area contributed by atoms with Gasteiger partial charge in [0.15, 0.2) is 0 Å². The van der Waals surface area contributed by atoms with E-state index in [1.165, 1.54) is 0 Å². The van der Waals surface area contributed by atoms with E-state index in [0.717, 1.165) is 31.6 Å². The minimum atomic E-state index is 0.147. The van der Waals surface area contributed by atoms with Gasteiger partial charge in [-0.3, -0.25) is 4.79 Å². The van der Waals surface area contributed by atoms with Gasteiger partial charge in [-0.15, -0.1) is 0 Å². The Morgan fingerprint density at radius 3 is 2.86 bits per heavy atom. The molecule has 21 heavy (non-hydrogen) atoms. The van der Waals surface area contributed by atoms with E-state index in [4.69, 9.17) is 9.47 Å². The third kappa shape index (κ3) is 5.48. The maximum Gasteiger partial charge on any atom is 0.225 e. The number of carbonyl (C=O) groups excluding carboxylic acids is 1. The molecule has 0 radical (unpaired) electrons. The van der Waals surface area contributed by atoms with Crippen LogP contribution < -0.4 is 0 Å². The second-order valence-electron chi connectivity index (χ2n) is 5.35. The Morgan fingerprint density at radius 1 is 1.38 bits per heavy atom. The lowest BCUT2D eigenvalue weighted by molar-refractivity contribution is -0.133. The van der Waals surface area contributed by atoms with Crippen LogP contribution in [0.2, 0.25) is 0 Å². The van der Waals surface area contributed by atoms with Crippen molar-refractivity contribution in [1.82, 2.24) is 4.90 Å². The molecule has 2 rings (SSSR count). The van der Waals surface area contributed by atoms with Gasteiger partial charge in [0.05, 0.1) is 25.7 Å². The molecule has 1 saturated heterocycles. The van der Waals surface area contributed by atoms with Crippen LogP contribution in [0.3, 0.4) is 0 Å². The first-order chi connectivity index (χ1) is 10.3. The molecular formula is C17H25NO3. The van der Waals surface area contributed by atoms with Crippen molar-refractivity contribution in [2.75, 3.05) is 26.4 Å². The van der Waals surface area contributed by atoms with E-state index in [1.807, 2.05) is 42.2 Å². The summed E-state index contributed by atoms with van der Waals surface area (Å²) < 4.78 is 11.0. The molecule has 1 amide bonds. The fourth-order valence-electron chi connectivity index (χ4n) is 2.49. The zero-order valence-electron chi connectivity index (χ0n) is 12.8. The molecule has 1 unspecified atom stereocenters. The predicted octanol–water partition coefficient (Wildman–Crippen LogP) is 2.62. The van der Waals surface area contributed by atoms with Crippen LogP contribution in [0.25, 0.3) is 0 Å². The molecular weight excluding hydrogens is 266 g/mol. The van der Waals surface area contributed by atoms with Gasteiger partial charge in [-0.05, 0) is 25.3 Å². The van der Waals surface area contributed by atoms with Crippen LogP contribution in [0, 0.1) is 0 Å². The molecule has 4 nitrogen and oxygen atoms in total. The maximum absolute atomic E-state index is 12.2. The number of nitrogens with zero attached hydrogens (tertiary/aromatic N) is 1. The molecule has 0 bridgehead atoms. The lowest BCUT2D eigenvalue weighted by atomic mass is 10.2. The quantitative estimate of drug-likeness (QED) is 0.691. The summed E-state index contributed by atoms with van der Waals surface area (Å²) >= 11 is 0. The third-order valence-electron chi connectivity index (χ3n) is 3.74. The lowest BCUT2D eigenvalue weighted by Gasteiger charge is -2.21. The largest absolute Gasteiger partial charge is 0.378 e. The summed E-state index contributed by atoms with van der Waals surface area (Å²) in [4.78, 5) is 14.1. The minimum absolute atomic E-state index is 0.147. The number of hydrogen-bond donors (Lipinski definition) is 0. The maximum atomic E-state index is 12.2. The monoisotopic (exact) mass is 291 g/mol. The fraction of sp³-hybridized carbons (Fsp3) is 0.588. The second-order valence-corrected chi connectivity index (χ2v) is 5.35. The Balaban J connectivity index is 1.67. The molecule has 1 aliphatic heterocycles. The zero-order chi connectivity index (χ0) is 14.9. The van der Waals surface area contributed by atoms with Gasteiger partial charge in [-0.25, -0.2) is 0 Å². The first kappa shape index (κ1) is 16.0. The van der Waals surface area contributed by atoms with Gasteiger partial charge in [0.25, 0.3) is 0 Å². The van der Waals surface area contributed by atoms with Crippen molar-refractivity contribution in [1.29, 1.82) is 0 Å². The zero-order valence-corrected chi connectivity index (χ0v) is 12.8. The van der Waals surface area contributed by atoms with E-state index in [9.17, 15) is 4.79 Å². The van der Waals surface area contributed by atoms with Crippen LogP contribution in [0.5, 0.6) is 0 Å². The molecule has 4 heteroatoms. The van der Waals surface area contributed by atoms with E-state index < -0.39 is 0 Å². The standard InChI is InChI=1S/C17H25NO3/c1-2-18(13-15-7-4-3-5-8-15)17(19)10-12-20-14-16-9-6-11-21-16/h3-5,7-8,16H,2,6,9-14H2,1H3. The molecule has 1 fully saturated rings. The Morgan fingerprint density at radius 2 is 2.19 bits per heavy atom. The fourth-order valence-corrected chi connectivity index (χ4v) is 2.49. The van der Waals surface area contributed by atoms with Crippen molar-refractivity contribution in [3.63, 3.8) is 0 Å². The highest BCUT2D eigenvalue weighted by Crippen LogP contribution is 2.12. The van der Waals surface area contributed by atoms with E-state index in [2.05, 4.69) is 0 Å². The summed E-state index contributed by atoms with van der Waals surface area (Å²) in [7, 11) is 0. The van der Waals surface area contributed by atoms with Crippen LogP contribution in [-0.4, -0.2) is 43.3 Å². The summed E-state index contributed by atoms with van der Waals surface area (Å²) in [5, 5.41) is 0. The summed E-state index contributed by atoms with van der Waals surface area (Å²) in [6, 6.07) is 10.1. The Kier molecular flexibility index (Phi) is 6.70. The predicted molar refractivity (Wildman–Crippen MR) is 81.9 cm³/mol. The van der Waals surface area contributed by atoms with Crippen LogP contribution >= 0.6 is 0 Å². The van der Waals surface area contributed by atoms with Gasteiger partial charge in [0.2, 0.25) is 5.91 Å². The van der Waals surface area contributed by atoms with Crippen LogP contribution in [-0.2, 0) is 20.8 Å². The first-order valence-electron chi connectivity index (χ1n) is 7.80. The molecule has 116 valence electrons. The highest BCUT2D eigenvalue weighted by Gasteiger charge is 2.16. The van der Waals surface area contributed by atoms with Crippen LogP contribution in [0.1, 0.15) is 31.7 Å². The molecule has 0 N–H and O–H groups in total. The average Bonchev–Trinajstić information content (AvgIpc) is 3.03. The van der Waals surface area contributed by atoms with E-state index in [0.29, 0.717) is 26.2 Å². The van der Waals surface area contributed by atoms with Gasteiger partial charge in [0, 0.05) is 19.7 Å². The Bertz CT molecular complexity index is 415. The molecule has 1 atom stereocenters.